The van der Waals surface area contributed by atoms with Crippen molar-refractivity contribution in [2.75, 3.05) is 18.4 Å². The second-order valence-electron chi connectivity index (χ2n) is 5.36. The number of fused-ring (bicyclic) bond motifs is 1. The van der Waals surface area contributed by atoms with E-state index in [1.807, 2.05) is 24.3 Å². The van der Waals surface area contributed by atoms with Crippen molar-refractivity contribution in [3.05, 3.63) is 24.3 Å². The topological polar surface area (TPSA) is 82.0 Å². The van der Waals surface area contributed by atoms with Gasteiger partial charge in [-0.1, -0.05) is 12.1 Å². The standard InChI is InChI=1S/C15H17N3O3/c19-14(18-7-5-10(6-8-18)15(20)21)13-9-16-11-3-1-2-4-12(11)17-13/h1-4,9-10,13,17H,5-8H2,(H,20,21). The molecule has 0 aromatic heterocycles. The summed E-state index contributed by atoms with van der Waals surface area (Å²) in [6.07, 6.45) is 2.65. The second kappa shape index (κ2) is 5.55. The minimum absolute atomic E-state index is 0.0444. The number of carbonyl (C=O) groups excluding carboxylic acids is 1. The van der Waals surface area contributed by atoms with Crippen molar-refractivity contribution in [2.24, 2.45) is 10.9 Å². The van der Waals surface area contributed by atoms with E-state index in [-0.39, 0.29) is 11.8 Å². The Hall–Kier alpha value is -2.37. The number of para-hydroxylation sites is 2. The molecule has 0 aliphatic carbocycles. The zero-order valence-corrected chi connectivity index (χ0v) is 11.5. The van der Waals surface area contributed by atoms with Gasteiger partial charge in [0.1, 0.15) is 6.04 Å². The Morgan fingerprint density at radius 1 is 1.24 bits per heavy atom. The summed E-state index contributed by atoms with van der Waals surface area (Å²) in [6, 6.07) is 7.10. The summed E-state index contributed by atoms with van der Waals surface area (Å²) in [6.45, 7) is 0.979. The third-order valence-corrected chi connectivity index (χ3v) is 4.00. The Labute approximate surface area is 122 Å². The van der Waals surface area contributed by atoms with Gasteiger partial charge in [-0.2, -0.15) is 0 Å². The average Bonchev–Trinajstić information content (AvgIpc) is 2.54. The first-order valence-corrected chi connectivity index (χ1v) is 7.06. The van der Waals surface area contributed by atoms with Crippen molar-refractivity contribution < 1.29 is 14.7 Å². The predicted molar refractivity (Wildman–Crippen MR) is 78.9 cm³/mol. The molecule has 1 amide bonds. The van der Waals surface area contributed by atoms with Crippen LogP contribution in [0.4, 0.5) is 11.4 Å². The zero-order chi connectivity index (χ0) is 14.8. The fourth-order valence-corrected chi connectivity index (χ4v) is 2.74. The van der Waals surface area contributed by atoms with Crippen LogP contribution in [0.15, 0.2) is 29.3 Å². The molecule has 2 aliphatic rings. The second-order valence-corrected chi connectivity index (χ2v) is 5.36. The molecular formula is C15H17N3O3. The number of aliphatic carboxylic acids is 1. The molecule has 0 saturated carbocycles. The lowest BCUT2D eigenvalue weighted by Crippen LogP contribution is -2.48. The molecule has 1 aromatic carbocycles. The van der Waals surface area contributed by atoms with Crippen molar-refractivity contribution >= 4 is 29.5 Å². The number of nitrogens with zero attached hydrogens (tertiary/aromatic N) is 2. The summed E-state index contributed by atoms with van der Waals surface area (Å²) in [5.74, 6) is -1.15. The number of piperidine rings is 1. The first kappa shape index (κ1) is 13.6. The van der Waals surface area contributed by atoms with E-state index in [0.29, 0.717) is 25.9 Å². The lowest BCUT2D eigenvalue weighted by molar-refractivity contribution is -0.145. The van der Waals surface area contributed by atoms with E-state index in [2.05, 4.69) is 10.3 Å². The summed E-state index contributed by atoms with van der Waals surface area (Å²) in [5.41, 5.74) is 1.67. The van der Waals surface area contributed by atoms with Gasteiger partial charge in [0.2, 0.25) is 0 Å². The molecule has 1 atom stereocenters. The number of rotatable bonds is 2. The van der Waals surface area contributed by atoms with Crippen LogP contribution in [0.1, 0.15) is 12.8 Å². The van der Waals surface area contributed by atoms with Crippen LogP contribution in [-0.2, 0) is 9.59 Å². The molecule has 1 aromatic rings. The van der Waals surface area contributed by atoms with Crippen molar-refractivity contribution in [3.8, 4) is 0 Å². The van der Waals surface area contributed by atoms with E-state index in [1.165, 1.54) is 0 Å². The molecule has 2 heterocycles. The van der Waals surface area contributed by atoms with Crippen molar-refractivity contribution in [1.29, 1.82) is 0 Å². The molecule has 3 rings (SSSR count). The number of carboxylic acids is 1. The highest BCUT2D eigenvalue weighted by molar-refractivity contribution is 6.03. The van der Waals surface area contributed by atoms with Crippen LogP contribution in [0.5, 0.6) is 0 Å². The van der Waals surface area contributed by atoms with Gasteiger partial charge in [-0.3, -0.25) is 14.6 Å². The predicted octanol–water partition coefficient (Wildman–Crippen LogP) is 1.51. The number of hydrogen-bond acceptors (Lipinski definition) is 4. The molecule has 1 unspecified atom stereocenters. The molecule has 6 heteroatoms. The van der Waals surface area contributed by atoms with Crippen LogP contribution in [0.25, 0.3) is 0 Å². The van der Waals surface area contributed by atoms with Crippen molar-refractivity contribution in [1.82, 2.24) is 4.90 Å². The van der Waals surface area contributed by atoms with E-state index in [1.54, 1.807) is 11.1 Å². The number of aliphatic imine (C=N–C) groups is 1. The maximum absolute atomic E-state index is 12.5. The number of nitrogens with one attached hydrogen (secondary N) is 1. The number of benzene rings is 1. The molecule has 2 N–H and O–H groups in total. The monoisotopic (exact) mass is 287 g/mol. The Balaban J connectivity index is 1.64. The Kier molecular flexibility index (Phi) is 3.60. The Morgan fingerprint density at radius 2 is 1.95 bits per heavy atom. The highest BCUT2D eigenvalue weighted by atomic mass is 16.4. The smallest absolute Gasteiger partial charge is 0.306 e. The number of amides is 1. The van der Waals surface area contributed by atoms with Crippen molar-refractivity contribution in [3.63, 3.8) is 0 Å². The zero-order valence-electron chi connectivity index (χ0n) is 11.5. The molecule has 0 bridgehead atoms. The van der Waals surface area contributed by atoms with E-state index >= 15 is 0 Å². The van der Waals surface area contributed by atoms with Gasteiger partial charge in [-0.05, 0) is 25.0 Å². The van der Waals surface area contributed by atoms with Crippen LogP contribution in [0.2, 0.25) is 0 Å². The fraction of sp³-hybridized carbons (Fsp3) is 0.400. The highest BCUT2D eigenvalue weighted by Crippen LogP contribution is 2.28. The van der Waals surface area contributed by atoms with Gasteiger partial charge in [0, 0.05) is 19.3 Å². The van der Waals surface area contributed by atoms with Crippen LogP contribution in [0, 0.1) is 5.92 Å². The summed E-state index contributed by atoms with van der Waals surface area (Å²) < 4.78 is 0. The minimum atomic E-state index is -0.770. The summed E-state index contributed by atoms with van der Waals surface area (Å²) in [7, 11) is 0. The molecule has 0 radical (unpaired) electrons. The van der Waals surface area contributed by atoms with Crippen molar-refractivity contribution in [2.45, 2.75) is 18.9 Å². The van der Waals surface area contributed by atoms with Gasteiger partial charge < -0.3 is 15.3 Å². The third kappa shape index (κ3) is 2.74. The molecule has 6 nitrogen and oxygen atoms in total. The summed E-state index contributed by atoms with van der Waals surface area (Å²) in [5, 5.41) is 12.2. The Bertz CT molecular complexity index is 592. The summed E-state index contributed by atoms with van der Waals surface area (Å²) >= 11 is 0. The molecule has 21 heavy (non-hydrogen) atoms. The average molecular weight is 287 g/mol. The normalized spacial score (nSPS) is 21.5. The van der Waals surface area contributed by atoms with E-state index in [0.717, 1.165) is 11.4 Å². The molecule has 110 valence electrons. The maximum Gasteiger partial charge on any atom is 0.306 e. The highest BCUT2D eigenvalue weighted by Gasteiger charge is 2.31. The largest absolute Gasteiger partial charge is 0.481 e. The van der Waals surface area contributed by atoms with Crippen LogP contribution >= 0.6 is 0 Å². The van der Waals surface area contributed by atoms with Gasteiger partial charge in [-0.25, -0.2) is 0 Å². The van der Waals surface area contributed by atoms with Crippen LogP contribution in [-0.4, -0.2) is 47.2 Å². The lowest BCUT2D eigenvalue weighted by atomic mass is 9.96. The van der Waals surface area contributed by atoms with Gasteiger partial charge >= 0.3 is 5.97 Å². The van der Waals surface area contributed by atoms with Gasteiger partial charge in [0.25, 0.3) is 5.91 Å². The summed E-state index contributed by atoms with van der Waals surface area (Å²) in [4.78, 5) is 29.4. The number of anilines is 1. The molecule has 1 saturated heterocycles. The quantitative estimate of drug-likeness (QED) is 0.863. The third-order valence-electron chi connectivity index (χ3n) is 4.00. The number of carbonyl (C=O) groups is 2. The molecule has 0 spiro atoms. The van der Waals surface area contributed by atoms with Gasteiger partial charge in [0.15, 0.2) is 0 Å². The fourth-order valence-electron chi connectivity index (χ4n) is 2.74. The molecule has 1 fully saturated rings. The number of likely N-dealkylation sites (tertiary alicyclic amines) is 1. The Morgan fingerprint density at radius 3 is 2.67 bits per heavy atom. The van der Waals surface area contributed by atoms with E-state index in [4.69, 9.17) is 5.11 Å². The molecular weight excluding hydrogens is 270 g/mol. The molecule has 2 aliphatic heterocycles. The van der Waals surface area contributed by atoms with E-state index < -0.39 is 12.0 Å². The first-order valence-electron chi connectivity index (χ1n) is 7.06. The lowest BCUT2D eigenvalue weighted by Gasteiger charge is -2.33. The minimum Gasteiger partial charge on any atom is -0.481 e. The van der Waals surface area contributed by atoms with E-state index in [9.17, 15) is 9.59 Å². The maximum atomic E-state index is 12.5. The van der Waals surface area contributed by atoms with Gasteiger partial charge in [0.05, 0.1) is 17.3 Å². The van der Waals surface area contributed by atoms with Crippen LogP contribution in [0.3, 0.4) is 0 Å². The van der Waals surface area contributed by atoms with Gasteiger partial charge in [-0.15, -0.1) is 0 Å². The number of hydrogen-bond donors (Lipinski definition) is 2. The SMILES string of the molecule is O=C(O)C1CCN(C(=O)C2C=Nc3ccccc3N2)CC1. The number of carboxylic acid groups (broad SMARTS) is 1. The van der Waals surface area contributed by atoms with Crippen LogP contribution < -0.4 is 5.32 Å². The first-order chi connectivity index (χ1) is 10.1.